The van der Waals surface area contributed by atoms with Gasteiger partial charge in [-0.05, 0) is 23.3 Å². The first kappa shape index (κ1) is 24.3. The first-order chi connectivity index (χ1) is 17.4. The number of quaternary nitrogens is 1. The van der Waals surface area contributed by atoms with Crippen LogP contribution in [0.5, 0.6) is 0 Å². The maximum Gasteiger partial charge on any atom is 0.348 e. The molecule has 7 nitrogen and oxygen atoms in total. The minimum Gasteiger partial charge on any atom is -0.453 e. The van der Waals surface area contributed by atoms with Crippen LogP contribution in [0.25, 0.3) is 0 Å². The molecular formula is C29H34N3O4+. The first-order valence-corrected chi connectivity index (χ1v) is 12.7. The van der Waals surface area contributed by atoms with Crippen molar-refractivity contribution in [3.63, 3.8) is 0 Å². The lowest BCUT2D eigenvalue weighted by atomic mass is 9.82. The van der Waals surface area contributed by atoms with Crippen LogP contribution in [0.3, 0.4) is 0 Å². The zero-order valence-electron chi connectivity index (χ0n) is 20.7. The second kappa shape index (κ2) is 9.91. The smallest absolute Gasteiger partial charge is 0.348 e. The zero-order chi connectivity index (χ0) is 25.2. The molecule has 3 aromatic rings. The molecule has 4 heterocycles. The van der Waals surface area contributed by atoms with Gasteiger partial charge in [-0.3, -0.25) is 4.79 Å². The molecule has 1 atom stereocenters. The lowest BCUT2D eigenvalue weighted by molar-refractivity contribution is -0.945. The summed E-state index contributed by atoms with van der Waals surface area (Å²) >= 11 is 0. The van der Waals surface area contributed by atoms with E-state index in [0.29, 0.717) is 35.8 Å². The Kier molecular flexibility index (Phi) is 6.69. The predicted octanol–water partition coefficient (Wildman–Crippen LogP) is 2.84. The Hall–Kier alpha value is -3.42. The van der Waals surface area contributed by atoms with Gasteiger partial charge in [0.1, 0.15) is 12.2 Å². The van der Waals surface area contributed by atoms with E-state index in [1.165, 1.54) is 0 Å². The van der Waals surface area contributed by atoms with Gasteiger partial charge in [0.2, 0.25) is 5.60 Å². The van der Waals surface area contributed by atoms with Crippen LogP contribution in [0, 0.1) is 5.92 Å². The highest BCUT2D eigenvalue weighted by molar-refractivity contribution is 5.92. The van der Waals surface area contributed by atoms with E-state index in [2.05, 4.69) is 5.32 Å². The third-order valence-corrected chi connectivity index (χ3v) is 8.03. The fraction of sp³-hybridized carbons (Fsp3) is 0.379. The zero-order valence-corrected chi connectivity index (χ0v) is 20.7. The highest BCUT2D eigenvalue weighted by atomic mass is 16.6. The number of nitrogens with one attached hydrogen (secondary N) is 1. The summed E-state index contributed by atoms with van der Waals surface area (Å²) in [5.41, 5.74) is -0.243. The van der Waals surface area contributed by atoms with Gasteiger partial charge < -0.3 is 24.2 Å². The number of amides is 1. The Morgan fingerprint density at radius 3 is 2.17 bits per heavy atom. The van der Waals surface area contributed by atoms with Crippen LogP contribution in [-0.2, 0) is 22.2 Å². The Bertz CT molecular complexity index is 1160. The van der Waals surface area contributed by atoms with Gasteiger partial charge in [-0.1, -0.05) is 60.7 Å². The van der Waals surface area contributed by atoms with Gasteiger partial charge >= 0.3 is 5.97 Å². The number of aromatic nitrogens is 1. The minimum absolute atomic E-state index is 0.0774. The number of rotatable bonds is 8. The van der Waals surface area contributed by atoms with Crippen molar-refractivity contribution in [3.8, 4) is 0 Å². The topological polar surface area (TPSA) is 80.6 Å². The highest BCUT2D eigenvalue weighted by Crippen LogP contribution is 2.38. The third-order valence-electron chi connectivity index (χ3n) is 8.03. The summed E-state index contributed by atoms with van der Waals surface area (Å²) in [7, 11) is 1.86. The molecule has 188 valence electrons. The van der Waals surface area contributed by atoms with Crippen LogP contribution in [0.4, 0.5) is 0 Å². The quantitative estimate of drug-likeness (QED) is 0.378. The van der Waals surface area contributed by atoms with Crippen LogP contribution in [0.1, 0.15) is 34.5 Å². The first-order valence-electron chi connectivity index (χ1n) is 12.7. The van der Waals surface area contributed by atoms with Gasteiger partial charge in [-0.25, -0.2) is 4.79 Å². The van der Waals surface area contributed by atoms with Crippen LogP contribution >= 0.6 is 0 Å². The fourth-order valence-corrected chi connectivity index (χ4v) is 5.85. The van der Waals surface area contributed by atoms with E-state index < -0.39 is 11.6 Å². The molecule has 0 radical (unpaired) electrons. The maximum absolute atomic E-state index is 13.6. The molecule has 2 aromatic carbocycles. The molecule has 3 saturated heterocycles. The van der Waals surface area contributed by atoms with E-state index in [1.54, 1.807) is 24.3 Å². The SMILES string of the molecule is Cn1cccc1C(=O)NCC[N+]12CCC(CC1)[C@@H](OC(=O)C(O)(c1ccccc1)c1ccccc1)C2. The number of fused-ring (bicyclic) bond motifs is 3. The number of hydrogen-bond acceptors (Lipinski definition) is 4. The van der Waals surface area contributed by atoms with Gasteiger partial charge in [-0.15, -0.1) is 0 Å². The largest absolute Gasteiger partial charge is 0.453 e. The van der Waals surface area contributed by atoms with E-state index in [9.17, 15) is 14.7 Å². The van der Waals surface area contributed by atoms with Crippen LogP contribution in [-0.4, -0.2) is 64.9 Å². The Balaban J connectivity index is 1.28. The van der Waals surface area contributed by atoms with Crippen molar-refractivity contribution in [1.82, 2.24) is 9.88 Å². The minimum atomic E-state index is -1.87. The molecule has 0 unspecified atom stereocenters. The molecule has 6 rings (SSSR count). The summed E-state index contributed by atoms with van der Waals surface area (Å²) in [4.78, 5) is 26.2. The molecule has 2 bridgehead atoms. The van der Waals surface area contributed by atoms with Gasteiger partial charge in [-0.2, -0.15) is 0 Å². The highest BCUT2D eigenvalue weighted by Gasteiger charge is 2.50. The van der Waals surface area contributed by atoms with Crippen molar-refractivity contribution in [1.29, 1.82) is 0 Å². The van der Waals surface area contributed by atoms with Gasteiger partial charge in [0, 0.05) is 32.0 Å². The molecule has 0 spiro atoms. The maximum atomic E-state index is 13.6. The monoisotopic (exact) mass is 488 g/mol. The van der Waals surface area contributed by atoms with Crippen molar-refractivity contribution in [2.75, 3.05) is 32.7 Å². The number of carbonyl (C=O) groups excluding carboxylic acids is 2. The van der Waals surface area contributed by atoms with E-state index in [0.717, 1.165) is 37.0 Å². The summed E-state index contributed by atoms with van der Waals surface area (Å²) in [5, 5.41) is 14.8. The number of hydrogen-bond donors (Lipinski definition) is 2. The van der Waals surface area contributed by atoms with Gasteiger partial charge in [0.25, 0.3) is 5.91 Å². The number of piperidine rings is 3. The predicted molar refractivity (Wildman–Crippen MR) is 136 cm³/mol. The molecule has 36 heavy (non-hydrogen) atoms. The molecule has 7 heteroatoms. The number of ether oxygens (including phenoxy) is 1. The normalized spacial score (nSPS) is 23.3. The standard InChI is InChI=1S/C29H33N3O4/c1-31-17-8-13-25(31)27(33)30-16-20-32-18-14-22(15-19-32)26(21-32)36-28(34)29(35,23-9-4-2-5-10-23)24-11-6-3-7-12-24/h2-13,17,22,26,35H,14-16,18-21H2,1H3/p+1/t22?,26-,32?/m0/s1. The third kappa shape index (κ3) is 4.56. The molecule has 2 N–H and O–H groups in total. The molecule has 3 aliphatic heterocycles. The number of benzene rings is 2. The molecule has 1 amide bonds. The lowest BCUT2D eigenvalue weighted by Crippen LogP contribution is -2.66. The summed E-state index contributed by atoms with van der Waals surface area (Å²) in [5.74, 6) is -0.414. The summed E-state index contributed by atoms with van der Waals surface area (Å²) < 4.78 is 8.76. The summed E-state index contributed by atoms with van der Waals surface area (Å²) in [6.07, 6.45) is 3.54. The van der Waals surface area contributed by atoms with Crippen molar-refractivity contribution >= 4 is 11.9 Å². The Labute approximate surface area is 211 Å². The van der Waals surface area contributed by atoms with E-state index in [1.807, 2.05) is 66.3 Å². The van der Waals surface area contributed by atoms with E-state index in [-0.39, 0.29) is 12.0 Å². The molecule has 0 aliphatic carbocycles. The second-order valence-corrected chi connectivity index (χ2v) is 10.2. The molecule has 1 aromatic heterocycles. The number of esters is 1. The van der Waals surface area contributed by atoms with Crippen LogP contribution in [0.2, 0.25) is 0 Å². The summed E-state index contributed by atoms with van der Waals surface area (Å²) in [6.45, 7) is 4.09. The number of nitrogens with zero attached hydrogens (tertiary/aromatic N) is 2. The molecular weight excluding hydrogens is 454 g/mol. The molecule has 3 aliphatic rings. The summed E-state index contributed by atoms with van der Waals surface area (Å²) in [6, 6.07) is 21.7. The van der Waals surface area contributed by atoms with Crippen molar-refractivity contribution < 1.29 is 23.9 Å². The second-order valence-electron chi connectivity index (χ2n) is 10.2. The molecule has 0 saturated carbocycles. The van der Waals surface area contributed by atoms with Crippen molar-refractivity contribution in [3.05, 3.63) is 95.8 Å². The van der Waals surface area contributed by atoms with Gasteiger partial charge in [0.05, 0.1) is 26.2 Å². The molecule has 3 fully saturated rings. The average Bonchev–Trinajstić information content (AvgIpc) is 3.35. The number of carbonyl (C=O) groups is 2. The lowest BCUT2D eigenvalue weighted by Gasteiger charge is -2.52. The van der Waals surface area contributed by atoms with Crippen molar-refractivity contribution in [2.45, 2.75) is 24.5 Å². The van der Waals surface area contributed by atoms with E-state index >= 15 is 0 Å². The van der Waals surface area contributed by atoms with Gasteiger partial charge in [0.15, 0.2) is 6.10 Å². The Morgan fingerprint density at radius 2 is 1.61 bits per heavy atom. The van der Waals surface area contributed by atoms with Crippen molar-refractivity contribution in [2.24, 2.45) is 13.0 Å². The number of aryl methyl sites for hydroxylation is 1. The Morgan fingerprint density at radius 1 is 1.00 bits per heavy atom. The fourth-order valence-electron chi connectivity index (χ4n) is 5.85. The van der Waals surface area contributed by atoms with Crippen LogP contribution in [0.15, 0.2) is 79.0 Å². The van der Waals surface area contributed by atoms with Crippen LogP contribution < -0.4 is 5.32 Å². The average molecular weight is 489 g/mol. The number of aliphatic hydroxyl groups is 1. The van der Waals surface area contributed by atoms with E-state index in [4.69, 9.17) is 4.74 Å².